The molecule has 0 bridgehead atoms. The number of hydrogen-bond donors (Lipinski definition) is 2. The van der Waals surface area contributed by atoms with E-state index in [1.165, 1.54) is 24.2 Å². The molecule has 1 saturated carbocycles. The minimum Gasteiger partial charge on any atom is -0.325 e. The highest BCUT2D eigenvalue weighted by Gasteiger charge is 2.20. The Morgan fingerprint density at radius 3 is 2.73 bits per heavy atom. The lowest BCUT2D eigenvalue weighted by Crippen LogP contribution is -2.29. The van der Waals surface area contributed by atoms with Crippen LogP contribution in [0.15, 0.2) is 39.0 Å². The van der Waals surface area contributed by atoms with Gasteiger partial charge in [-0.15, -0.1) is 22.6 Å². The summed E-state index contributed by atoms with van der Waals surface area (Å²) in [5.41, 5.74) is 2.53. The van der Waals surface area contributed by atoms with Crippen molar-refractivity contribution in [1.29, 1.82) is 0 Å². The smallest absolute Gasteiger partial charge is 0.238 e. The van der Waals surface area contributed by atoms with E-state index in [0.29, 0.717) is 6.54 Å². The summed E-state index contributed by atoms with van der Waals surface area (Å²) in [6.07, 6.45) is 2.59. The van der Waals surface area contributed by atoms with Gasteiger partial charge in [-0.05, 0) is 49.6 Å². The minimum atomic E-state index is 0. The lowest BCUT2D eigenvalue weighted by Gasteiger charge is -2.07. The number of nitrogens with zero attached hydrogens (tertiary/aromatic N) is 2. The molecule has 1 aromatic carbocycles. The van der Waals surface area contributed by atoms with Crippen LogP contribution in [0.2, 0.25) is 0 Å². The Morgan fingerprint density at radius 2 is 2.09 bits per heavy atom. The average Bonchev–Trinajstić information content (AvgIpc) is 3.16. The third kappa shape index (κ3) is 5.57. The fourth-order valence-electron chi connectivity index (χ4n) is 1.83. The zero-order chi connectivity index (χ0) is 14.5. The molecular formula is C14H17ClN4OS2. The van der Waals surface area contributed by atoms with Crippen molar-refractivity contribution < 1.29 is 4.79 Å². The molecule has 1 heterocycles. The second-order valence-corrected chi connectivity index (χ2v) is 7.11. The maximum absolute atomic E-state index is 11.8. The number of aromatic nitrogens is 2. The SMILES string of the molecule is Cl.O=C(CNCC1CC1)Nc1ccc(Sc2nncs2)cc1. The molecule has 1 aliphatic rings. The van der Waals surface area contributed by atoms with Gasteiger partial charge >= 0.3 is 0 Å². The van der Waals surface area contributed by atoms with Gasteiger partial charge in [0.15, 0.2) is 4.34 Å². The van der Waals surface area contributed by atoms with Crippen molar-refractivity contribution >= 4 is 47.1 Å². The molecule has 1 amide bonds. The van der Waals surface area contributed by atoms with Crippen molar-refractivity contribution in [3.05, 3.63) is 29.8 Å². The monoisotopic (exact) mass is 356 g/mol. The first-order valence-electron chi connectivity index (χ1n) is 6.84. The van der Waals surface area contributed by atoms with Crippen LogP contribution >= 0.6 is 35.5 Å². The molecule has 8 heteroatoms. The van der Waals surface area contributed by atoms with Crippen LogP contribution in [0.1, 0.15) is 12.8 Å². The topological polar surface area (TPSA) is 66.9 Å². The van der Waals surface area contributed by atoms with Crippen LogP contribution in [-0.4, -0.2) is 29.2 Å². The van der Waals surface area contributed by atoms with Gasteiger partial charge in [0.05, 0.1) is 6.54 Å². The molecule has 3 rings (SSSR count). The number of benzene rings is 1. The molecule has 2 aromatic rings. The zero-order valence-corrected chi connectivity index (χ0v) is 14.3. The van der Waals surface area contributed by atoms with Crippen LogP contribution in [0.25, 0.3) is 0 Å². The Hall–Kier alpha value is -1.15. The Labute approximate surface area is 143 Å². The third-order valence-corrected chi connectivity index (χ3v) is 4.88. The molecule has 0 saturated heterocycles. The number of carbonyl (C=O) groups excluding carboxylic acids is 1. The van der Waals surface area contributed by atoms with Gasteiger partial charge in [-0.25, -0.2) is 0 Å². The van der Waals surface area contributed by atoms with Crippen LogP contribution in [0, 0.1) is 5.92 Å². The number of carbonyl (C=O) groups is 1. The summed E-state index contributed by atoms with van der Waals surface area (Å²) in [6, 6.07) is 7.75. The normalized spacial score (nSPS) is 13.5. The van der Waals surface area contributed by atoms with Crippen molar-refractivity contribution in [1.82, 2.24) is 15.5 Å². The Balaban J connectivity index is 0.00000176. The van der Waals surface area contributed by atoms with Gasteiger partial charge < -0.3 is 10.6 Å². The summed E-state index contributed by atoms with van der Waals surface area (Å²) in [4.78, 5) is 12.8. The fraction of sp³-hybridized carbons (Fsp3) is 0.357. The maximum Gasteiger partial charge on any atom is 0.238 e. The minimum absolute atomic E-state index is 0. The quantitative estimate of drug-likeness (QED) is 0.798. The summed E-state index contributed by atoms with van der Waals surface area (Å²) in [6.45, 7) is 1.32. The molecule has 0 spiro atoms. The molecule has 118 valence electrons. The van der Waals surface area contributed by atoms with Crippen molar-refractivity contribution in [2.24, 2.45) is 5.92 Å². The lowest BCUT2D eigenvalue weighted by atomic mass is 10.3. The van der Waals surface area contributed by atoms with E-state index < -0.39 is 0 Å². The number of amides is 1. The molecule has 0 aliphatic heterocycles. The van der Waals surface area contributed by atoms with E-state index in [9.17, 15) is 4.79 Å². The van der Waals surface area contributed by atoms with Gasteiger partial charge in [0, 0.05) is 10.6 Å². The van der Waals surface area contributed by atoms with Crippen molar-refractivity contribution in [3.63, 3.8) is 0 Å². The predicted octanol–water partition coefficient (Wildman–Crippen LogP) is 3.05. The van der Waals surface area contributed by atoms with Gasteiger partial charge in [0.1, 0.15) is 5.51 Å². The highest BCUT2D eigenvalue weighted by molar-refractivity contribution is 8.01. The number of anilines is 1. The Morgan fingerprint density at radius 1 is 1.32 bits per heavy atom. The second-order valence-electron chi connectivity index (χ2n) is 4.95. The van der Waals surface area contributed by atoms with Gasteiger partial charge in [-0.1, -0.05) is 23.1 Å². The van der Waals surface area contributed by atoms with Gasteiger partial charge in [-0.2, -0.15) is 0 Å². The van der Waals surface area contributed by atoms with Crippen LogP contribution in [0.3, 0.4) is 0 Å². The van der Waals surface area contributed by atoms with Crippen LogP contribution in [-0.2, 0) is 4.79 Å². The number of rotatable bonds is 7. The number of halogens is 1. The first kappa shape index (κ1) is 17.2. The van der Waals surface area contributed by atoms with Gasteiger partial charge in [0.25, 0.3) is 0 Å². The molecular weight excluding hydrogens is 340 g/mol. The van der Waals surface area contributed by atoms with Crippen molar-refractivity contribution in [2.45, 2.75) is 22.1 Å². The van der Waals surface area contributed by atoms with Gasteiger partial charge in [-0.3, -0.25) is 4.79 Å². The first-order chi connectivity index (χ1) is 10.3. The molecule has 1 aromatic heterocycles. The molecule has 2 N–H and O–H groups in total. The zero-order valence-electron chi connectivity index (χ0n) is 11.8. The van der Waals surface area contributed by atoms with E-state index in [0.717, 1.165) is 27.4 Å². The number of nitrogens with one attached hydrogen (secondary N) is 2. The second kappa shape index (κ2) is 8.47. The van der Waals surface area contributed by atoms with Crippen LogP contribution in [0.5, 0.6) is 0 Å². The Kier molecular flexibility index (Phi) is 6.63. The molecule has 0 unspecified atom stereocenters. The van der Waals surface area contributed by atoms with Crippen LogP contribution < -0.4 is 10.6 Å². The summed E-state index contributed by atoms with van der Waals surface area (Å²) >= 11 is 3.08. The van der Waals surface area contributed by atoms with E-state index >= 15 is 0 Å². The molecule has 1 fully saturated rings. The fourth-order valence-corrected chi connectivity index (χ4v) is 3.28. The predicted molar refractivity (Wildman–Crippen MR) is 91.9 cm³/mol. The van der Waals surface area contributed by atoms with Crippen LogP contribution in [0.4, 0.5) is 5.69 Å². The molecule has 0 atom stereocenters. The van der Waals surface area contributed by atoms with E-state index in [1.54, 1.807) is 17.3 Å². The summed E-state index contributed by atoms with van der Waals surface area (Å²) in [7, 11) is 0. The lowest BCUT2D eigenvalue weighted by molar-refractivity contribution is -0.115. The molecule has 1 aliphatic carbocycles. The maximum atomic E-state index is 11.8. The molecule has 5 nitrogen and oxygen atoms in total. The highest BCUT2D eigenvalue weighted by atomic mass is 35.5. The first-order valence-corrected chi connectivity index (χ1v) is 8.54. The molecule has 0 radical (unpaired) electrons. The summed E-state index contributed by atoms with van der Waals surface area (Å²) in [5, 5.41) is 13.9. The summed E-state index contributed by atoms with van der Waals surface area (Å²) < 4.78 is 0.913. The van der Waals surface area contributed by atoms with E-state index in [4.69, 9.17) is 0 Å². The van der Waals surface area contributed by atoms with E-state index in [2.05, 4.69) is 20.8 Å². The highest BCUT2D eigenvalue weighted by Crippen LogP contribution is 2.29. The van der Waals surface area contributed by atoms with Gasteiger partial charge in [0.2, 0.25) is 5.91 Å². The Bertz CT molecular complexity index is 587. The largest absolute Gasteiger partial charge is 0.325 e. The summed E-state index contributed by atoms with van der Waals surface area (Å²) in [5.74, 6) is 0.787. The van der Waals surface area contributed by atoms with E-state index in [1.807, 2.05) is 24.3 Å². The number of hydrogen-bond acceptors (Lipinski definition) is 6. The third-order valence-electron chi connectivity index (χ3n) is 3.10. The van der Waals surface area contributed by atoms with E-state index in [-0.39, 0.29) is 18.3 Å². The molecule has 22 heavy (non-hydrogen) atoms. The van der Waals surface area contributed by atoms with Crippen molar-refractivity contribution in [2.75, 3.05) is 18.4 Å². The average molecular weight is 357 g/mol. The van der Waals surface area contributed by atoms with Crippen molar-refractivity contribution in [3.8, 4) is 0 Å². The standard InChI is InChI=1S/C14H16N4OS2.ClH/c19-13(8-15-7-10-1-2-10)17-11-3-5-12(6-4-11)21-14-18-16-9-20-14;/h3-6,9-10,15H,1-2,7-8H2,(H,17,19);1H.